The van der Waals surface area contributed by atoms with Gasteiger partial charge >= 0.3 is 0 Å². The number of rotatable bonds is 6. The lowest BCUT2D eigenvalue weighted by atomic mass is 10.2. The number of amides is 1. The lowest BCUT2D eigenvalue weighted by Crippen LogP contribution is -2.24. The Morgan fingerprint density at radius 1 is 1.50 bits per heavy atom. The van der Waals surface area contributed by atoms with Crippen LogP contribution in [0.15, 0.2) is 35.0 Å². The Balaban J connectivity index is 1.94. The van der Waals surface area contributed by atoms with Gasteiger partial charge in [0.2, 0.25) is 0 Å². The predicted octanol–water partition coefficient (Wildman–Crippen LogP) is 1.40. The zero-order valence-corrected chi connectivity index (χ0v) is 11.6. The first kappa shape index (κ1) is 14.2. The minimum atomic E-state index is -0.580. The van der Waals surface area contributed by atoms with Crippen LogP contribution in [0.25, 0.3) is 0 Å². The van der Waals surface area contributed by atoms with Crippen LogP contribution in [-0.4, -0.2) is 34.5 Å². The molecule has 6 nitrogen and oxygen atoms in total. The second-order valence-corrected chi connectivity index (χ2v) is 4.71. The normalized spacial score (nSPS) is 12.6. The highest BCUT2D eigenvalue weighted by Gasteiger charge is 2.18. The highest BCUT2D eigenvalue weighted by atomic mass is 16.5. The smallest absolute Gasteiger partial charge is 0.270 e. The van der Waals surface area contributed by atoms with Crippen molar-refractivity contribution >= 4 is 5.91 Å². The molecular formula is C14H18N4O2. The van der Waals surface area contributed by atoms with Crippen LogP contribution in [0.1, 0.15) is 34.9 Å². The summed E-state index contributed by atoms with van der Waals surface area (Å²) >= 11 is 0. The Bertz CT molecular complexity index is 568. The van der Waals surface area contributed by atoms with E-state index in [2.05, 4.69) is 15.0 Å². The third kappa shape index (κ3) is 3.42. The largest absolute Gasteiger partial charge is 0.364 e. The predicted molar refractivity (Wildman–Crippen MR) is 74.0 cm³/mol. The van der Waals surface area contributed by atoms with E-state index in [0.29, 0.717) is 5.76 Å². The molecule has 2 heterocycles. The number of hydrogen-bond acceptors (Lipinski definition) is 5. The van der Waals surface area contributed by atoms with E-state index in [1.807, 2.05) is 32.2 Å². The summed E-state index contributed by atoms with van der Waals surface area (Å²) in [6.45, 7) is 2.81. The Morgan fingerprint density at radius 3 is 2.90 bits per heavy atom. The summed E-state index contributed by atoms with van der Waals surface area (Å²) < 4.78 is 5.15. The van der Waals surface area contributed by atoms with E-state index in [1.165, 1.54) is 0 Å². The van der Waals surface area contributed by atoms with Crippen LogP contribution in [0.2, 0.25) is 0 Å². The van der Waals surface area contributed by atoms with E-state index in [0.717, 1.165) is 18.7 Å². The fourth-order valence-corrected chi connectivity index (χ4v) is 1.85. The number of primary amides is 1. The number of hydrogen-bond donors (Lipinski definition) is 1. The lowest BCUT2D eigenvalue weighted by molar-refractivity contribution is 0.0991. The fourth-order valence-electron chi connectivity index (χ4n) is 1.85. The van der Waals surface area contributed by atoms with Crippen LogP contribution < -0.4 is 5.73 Å². The van der Waals surface area contributed by atoms with Crippen molar-refractivity contribution in [3.8, 4) is 0 Å². The molecule has 0 saturated heterocycles. The first-order valence-corrected chi connectivity index (χ1v) is 6.44. The van der Waals surface area contributed by atoms with E-state index in [4.69, 9.17) is 10.3 Å². The van der Waals surface area contributed by atoms with Gasteiger partial charge in [-0.1, -0.05) is 11.2 Å². The maximum absolute atomic E-state index is 11.0. The first-order valence-electron chi connectivity index (χ1n) is 6.44. The van der Waals surface area contributed by atoms with Crippen molar-refractivity contribution in [2.45, 2.75) is 19.4 Å². The molecule has 0 fully saturated rings. The molecule has 0 aromatic carbocycles. The molecule has 0 aliphatic heterocycles. The van der Waals surface area contributed by atoms with Crippen molar-refractivity contribution in [2.24, 2.45) is 5.73 Å². The molecule has 1 atom stereocenters. The molecule has 0 saturated carbocycles. The van der Waals surface area contributed by atoms with Crippen LogP contribution >= 0.6 is 0 Å². The molecule has 1 amide bonds. The maximum Gasteiger partial charge on any atom is 0.270 e. The van der Waals surface area contributed by atoms with Gasteiger partial charge in [-0.05, 0) is 26.1 Å². The molecule has 106 valence electrons. The van der Waals surface area contributed by atoms with E-state index in [9.17, 15) is 4.79 Å². The summed E-state index contributed by atoms with van der Waals surface area (Å²) in [6.07, 6.45) is 2.63. The van der Waals surface area contributed by atoms with Crippen LogP contribution in [-0.2, 0) is 6.42 Å². The van der Waals surface area contributed by atoms with E-state index in [1.54, 1.807) is 12.3 Å². The maximum atomic E-state index is 11.0. The quantitative estimate of drug-likeness (QED) is 0.860. The summed E-state index contributed by atoms with van der Waals surface area (Å²) in [6, 6.07) is 7.47. The zero-order chi connectivity index (χ0) is 14.5. The van der Waals surface area contributed by atoms with E-state index in [-0.39, 0.29) is 11.7 Å². The SMILES string of the molecule is CC(c1cc(C(N)=O)no1)N(C)CCc1ccccn1. The molecule has 0 radical (unpaired) electrons. The number of aromatic nitrogens is 2. The summed E-state index contributed by atoms with van der Waals surface area (Å²) in [5.74, 6) is 0.0469. The number of carbonyl (C=O) groups excluding carboxylic acids is 1. The summed E-state index contributed by atoms with van der Waals surface area (Å²) in [7, 11) is 1.99. The van der Waals surface area contributed by atoms with Crippen molar-refractivity contribution in [2.75, 3.05) is 13.6 Å². The number of nitrogens with zero attached hydrogens (tertiary/aromatic N) is 3. The Labute approximate surface area is 117 Å². The summed E-state index contributed by atoms with van der Waals surface area (Å²) in [4.78, 5) is 17.4. The molecular weight excluding hydrogens is 256 g/mol. The van der Waals surface area contributed by atoms with Gasteiger partial charge in [0.15, 0.2) is 11.5 Å². The number of nitrogens with two attached hydrogens (primary N) is 1. The topological polar surface area (TPSA) is 85.2 Å². The molecule has 2 rings (SSSR count). The van der Waals surface area contributed by atoms with Gasteiger partial charge in [0.1, 0.15) is 0 Å². The van der Waals surface area contributed by atoms with Crippen molar-refractivity contribution in [1.29, 1.82) is 0 Å². The first-order chi connectivity index (χ1) is 9.58. The Hall–Kier alpha value is -2.21. The van der Waals surface area contributed by atoms with Crippen LogP contribution in [0.3, 0.4) is 0 Å². The zero-order valence-electron chi connectivity index (χ0n) is 11.6. The molecule has 0 spiro atoms. The van der Waals surface area contributed by atoms with Gasteiger partial charge in [0, 0.05) is 30.9 Å². The van der Waals surface area contributed by atoms with Crippen LogP contribution in [0, 0.1) is 0 Å². The van der Waals surface area contributed by atoms with Crippen molar-refractivity contribution in [3.63, 3.8) is 0 Å². The van der Waals surface area contributed by atoms with Crippen molar-refractivity contribution < 1.29 is 9.32 Å². The summed E-state index contributed by atoms with van der Waals surface area (Å²) in [5.41, 5.74) is 6.36. The van der Waals surface area contributed by atoms with Gasteiger partial charge < -0.3 is 10.3 Å². The molecule has 0 aliphatic carbocycles. The fraction of sp³-hybridized carbons (Fsp3) is 0.357. The molecule has 2 aromatic rings. The monoisotopic (exact) mass is 274 g/mol. The van der Waals surface area contributed by atoms with Crippen LogP contribution in [0.4, 0.5) is 0 Å². The Morgan fingerprint density at radius 2 is 2.30 bits per heavy atom. The minimum absolute atomic E-state index is 0.0133. The van der Waals surface area contributed by atoms with E-state index < -0.39 is 5.91 Å². The van der Waals surface area contributed by atoms with Crippen molar-refractivity contribution in [3.05, 3.63) is 47.6 Å². The molecule has 2 N–H and O–H groups in total. The van der Waals surface area contributed by atoms with E-state index >= 15 is 0 Å². The average molecular weight is 274 g/mol. The van der Waals surface area contributed by atoms with Crippen molar-refractivity contribution in [1.82, 2.24) is 15.0 Å². The van der Waals surface area contributed by atoms with Gasteiger partial charge in [-0.3, -0.25) is 14.7 Å². The van der Waals surface area contributed by atoms with Gasteiger partial charge in [-0.2, -0.15) is 0 Å². The molecule has 6 heteroatoms. The van der Waals surface area contributed by atoms with Crippen LogP contribution in [0.5, 0.6) is 0 Å². The standard InChI is InChI=1S/C14H18N4O2/c1-10(13-9-12(14(15)19)17-20-13)18(2)8-6-11-5-3-4-7-16-11/h3-5,7,9-10H,6,8H2,1-2H3,(H2,15,19). The van der Waals surface area contributed by atoms with Gasteiger partial charge in [-0.15, -0.1) is 0 Å². The highest BCUT2D eigenvalue weighted by molar-refractivity contribution is 5.90. The summed E-state index contributed by atoms with van der Waals surface area (Å²) in [5, 5.41) is 3.65. The molecule has 0 bridgehead atoms. The average Bonchev–Trinajstić information content (AvgIpc) is 2.95. The molecule has 20 heavy (non-hydrogen) atoms. The number of pyridine rings is 1. The number of likely N-dealkylation sites (N-methyl/N-ethyl adjacent to an activating group) is 1. The highest BCUT2D eigenvalue weighted by Crippen LogP contribution is 2.19. The number of carbonyl (C=O) groups is 1. The minimum Gasteiger partial charge on any atom is -0.364 e. The second-order valence-electron chi connectivity index (χ2n) is 4.71. The van der Waals surface area contributed by atoms with Gasteiger partial charge in [-0.25, -0.2) is 0 Å². The second kappa shape index (κ2) is 6.29. The van der Waals surface area contributed by atoms with Gasteiger partial charge in [0.05, 0.1) is 6.04 Å². The molecule has 1 unspecified atom stereocenters. The van der Waals surface area contributed by atoms with Gasteiger partial charge in [0.25, 0.3) is 5.91 Å². The third-order valence-corrected chi connectivity index (χ3v) is 3.30. The Kier molecular flexibility index (Phi) is 4.47. The third-order valence-electron chi connectivity index (χ3n) is 3.30. The molecule has 0 aliphatic rings. The molecule has 2 aromatic heterocycles. The lowest BCUT2D eigenvalue weighted by Gasteiger charge is -2.22.